The van der Waals surface area contributed by atoms with Crippen molar-refractivity contribution >= 4 is 62.2 Å². The Morgan fingerprint density at radius 1 is 1.32 bits per heavy atom. The Bertz CT molecular complexity index is 880. The molecule has 0 radical (unpaired) electrons. The second kappa shape index (κ2) is 7.07. The van der Waals surface area contributed by atoms with Gasteiger partial charge in [-0.3, -0.25) is 0 Å². The van der Waals surface area contributed by atoms with Crippen molar-refractivity contribution in [3.05, 3.63) is 50.2 Å². The highest BCUT2D eigenvalue weighted by atomic mass is 35.5. The lowest BCUT2D eigenvalue weighted by Gasteiger charge is -2.05. The third-order valence-electron chi connectivity index (χ3n) is 2.66. The van der Waals surface area contributed by atoms with Crippen LogP contribution >= 0.6 is 46.3 Å². The van der Waals surface area contributed by atoms with Crippen LogP contribution in [0.2, 0.25) is 10.0 Å². The molecule has 0 aliphatic carbocycles. The van der Waals surface area contributed by atoms with Crippen LogP contribution < -0.4 is 0 Å². The highest BCUT2D eigenvalue weighted by molar-refractivity contribution is 8.00. The Kier molecular flexibility index (Phi) is 5.59. The Morgan fingerprint density at radius 3 is 2.59 bits per heavy atom. The quantitative estimate of drug-likeness (QED) is 0.537. The van der Waals surface area contributed by atoms with Gasteiger partial charge in [-0.1, -0.05) is 23.2 Å². The average Bonchev–Trinajstić information content (AvgIpc) is 2.91. The maximum Gasteiger partial charge on any atom is 0.218 e. The van der Waals surface area contributed by atoms with Gasteiger partial charge in [0.05, 0.1) is 14.1 Å². The molecule has 3 nitrogen and oxygen atoms in total. The van der Waals surface area contributed by atoms with Gasteiger partial charge in [0.1, 0.15) is 6.07 Å². The van der Waals surface area contributed by atoms with Crippen LogP contribution in [0.5, 0.6) is 0 Å². The Labute approximate surface area is 147 Å². The van der Waals surface area contributed by atoms with E-state index >= 15 is 0 Å². The monoisotopic (exact) mass is 389 g/mol. The molecule has 0 spiro atoms. The number of sulfone groups is 1. The summed E-state index contributed by atoms with van der Waals surface area (Å²) in [4.78, 5) is 0.203. The molecule has 0 amide bonds. The molecule has 2 aromatic rings. The molecule has 114 valence electrons. The van der Waals surface area contributed by atoms with E-state index in [2.05, 4.69) is 0 Å². The predicted molar refractivity (Wildman–Crippen MR) is 93.3 cm³/mol. The Hall–Kier alpha value is -0.970. The summed E-state index contributed by atoms with van der Waals surface area (Å²) in [7, 11) is -3.98. The van der Waals surface area contributed by atoms with E-state index in [1.54, 1.807) is 23.9 Å². The minimum atomic E-state index is -3.98. The van der Waals surface area contributed by atoms with E-state index in [0.29, 0.717) is 9.90 Å². The van der Waals surface area contributed by atoms with E-state index in [0.717, 1.165) is 4.21 Å². The largest absolute Gasteiger partial charge is 0.218 e. The van der Waals surface area contributed by atoms with Crippen LogP contribution in [0.3, 0.4) is 0 Å². The van der Waals surface area contributed by atoms with Gasteiger partial charge >= 0.3 is 0 Å². The van der Waals surface area contributed by atoms with E-state index < -0.39 is 9.84 Å². The highest BCUT2D eigenvalue weighted by Crippen LogP contribution is 2.32. The first-order chi connectivity index (χ1) is 10.4. The average molecular weight is 390 g/mol. The minimum absolute atomic E-state index is 0.00960. The zero-order valence-corrected chi connectivity index (χ0v) is 15.2. The van der Waals surface area contributed by atoms with Gasteiger partial charge in [-0.15, -0.1) is 23.1 Å². The first-order valence-electron chi connectivity index (χ1n) is 5.84. The summed E-state index contributed by atoms with van der Waals surface area (Å²) in [5.41, 5.74) is 0. The van der Waals surface area contributed by atoms with E-state index in [1.165, 1.54) is 35.6 Å². The van der Waals surface area contributed by atoms with Crippen LogP contribution in [0.1, 0.15) is 4.88 Å². The predicted octanol–water partition coefficient (Wildman–Crippen LogP) is 5.12. The normalized spacial score (nSPS) is 12.2. The topological polar surface area (TPSA) is 57.9 Å². The summed E-state index contributed by atoms with van der Waals surface area (Å²) in [5.74, 6) is 0. The number of hydrogen-bond donors (Lipinski definition) is 0. The number of halogens is 2. The molecule has 1 heterocycles. The van der Waals surface area contributed by atoms with Crippen molar-refractivity contribution in [2.24, 2.45) is 0 Å². The van der Waals surface area contributed by atoms with Crippen molar-refractivity contribution in [2.45, 2.75) is 9.10 Å². The number of benzene rings is 1. The van der Waals surface area contributed by atoms with Crippen LogP contribution in [0.4, 0.5) is 0 Å². The molecule has 0 bridgehead atoms. The number of thioether (sulfide) groups is 1. The molecule has 0 N–H and O–H groups in total. The lowest BCUT2D eigenvalue weighted by molar-refractivity contribution is 0.603. The molecule has 0 saturated carbocycles. The van der Waals surface area contributed by atoms with Gasteiger partial charge in [-0.25, -0.2) is 8.42 Å². The molecule has 0 atom stereocenters. The third-order valence-corrected chi connectivity index (χ3v) is 7.16. The van der Waals surface area contributed by atoms with Gasteiger partial charge < -0.3 is 0 Å². The standard InChI is InChI=1S/C14H9Cl2NO2S3/c1-20-14-5-3-10(21-14)7-11(8-17)22(18,19)13-4-2-9(15)6-12(13)16/h2-7H,1H3/b11-7+. The van der Waals surface area contributed by atoms with Crippen molar-refractivity contribution in [1.82, 2.24) is 0 Å². The molecule has 0 fully saturated rings. The van der Waals surface area contributed by atoms with Crippen LogP contribution in [0.15, 0.2) is 44.3 Å². The molecule has 8 heteroatoms. The van der Waals surface area contributed by atoms with Gasteiger partial charge in [-0.05, 0) is 42.7 Å². The fourth-order valence-corrected chi connectivity index (χ4v) is 5.13. The first kappa shape index (κ1) is 17.4. The van der Waals surface area contributed by atoms with Gasteiger partial charge in [0.2, 0.25) is 9.84 Å². The molecule has 0 aliphatic rings. The number of allylic oxidation sites excluding steroid dienone is 1. The van der Waals surface area contributed by atoms with Crippen molar-refractivity contribution in [2.75, 3.05) is 6.26 Å². The van der Waals surface area contributed by atoms with Gasteiger partial charge in [0, 0.05) is 9.90 Å². The minimum Gasteiger partial charge on any atom is -0.218 e. The van der Waals surface area contributed by atoms with E-state index in [9.17, 15) is 13.7 Å². The highest BCUT2D eigenvalue weighted by Gasteiger charge is 2.24. The summed E-state index contributed by atoms with van der Waals surface area (Å²) < 4.78 is 26.1. The van der Waals surface area contributed by atoms with E-state index in [4.69, 9.17) is 23.2 Å². The second-order valence-electron chi connectivity index (χ2n) is 4.06. The zero-order valence-electron chi connectivity index (χ0n) is 11.2. The summed E-state index contributed by atoms with van der Waals surface area (Å²) >= 11 is 14.7. The van der Waals surface area contributed by atoms with Crippen molar-refractivity contribution in [1.29, 1.82) is 5.26 Å². The smallest absolute Gasteiger partial charge is 0.218 e. The van der Waals surface area contributed by atoms with E-state index in [1.807, 2.05) is 12.3 Å². The van der Waals surface area contributed by atoms with Crippen molar-refractivity contribution in [3.8, 4) is 6.07 Å². The maximum absolute atomic E-state index is 12.6. The summed E-state index contributed by atoms with van der Waals surface area (Å²) in [6, 6.07) is 9.44. The maximum atomic E-state index is 12.6. The SMILES string of the molecule is CSc1ccc(/C=C(\C#N)S(=O)(=O)c2ccc(Cl)cc2Cl)s1. The van der Waals surface area contributed by atoms with E-state index in [-0.39, 0.29) is 14.8 Å². The Balaban J connectivity index is 2.51. The second-order valence-corrected chi connectivity index (χ2v) is 9.01. The molecule has 1 aromatic heterocycles. The first-order valence-corrected chi connectivity index (χ1v) is 10.1. The number of hydrogen-bond acceptors (Lipinski definition) is 5. The van der Waals surface area contributed by atoms with Crippen molar-refractivity contribution < 1.29 is 8.42 Å². The third kappa shape index (κ3) is 3.67. The van der Waals surface area contributed by atoms with Gasteiger partial charge in [-0.2, -0.15) is 5.26 Å². The number of thiophene rings is 1. The van der Waals surface area contributed by atoms with Gasteiger partial charge in [0.15, 0.2) is 4.91 Å². The van der Waals surface area contributed by atoms with Crippen LogP contribution in [-0.2, 0) is 9.84 Å². The molecule has 2 rings (SSSR count). The van der Waals surface area contributed by atoms with Crippen LogP contribution in [0.25, 0.3) is 6.08 Å². The fraction of sp³-hybridized carbons (Fsp3) is 0.0714. The van der Waals surface area contributed by atoms with Crippen LogP contribution in [-0.4, -0.2) is 14.7 Å². The molecule has 0 aliphatic heterocycles. The molecular formula is C14H9Cl2NO2S3. The number of rotatable bonds is 4. The molecular weight excluding hydrogens is 381 g/mol. The van der Waals surface area contributed by atoms with Gasteiger partial charge in [0.25, 0.3) is 0 Å². The lowest BCUT2D eigenvalue weighted by Crippen LogP contribution is -2.04. The summed E-state index contributed by atoms with van der Waals surface area (Å²) in [6.45, 7) is 0. The zero-order chi connectivity index (χ0) is 16.3. The fourth-order valence-electron chi connectivity index (χ4n) is 1.63. The van der Waals surface area contributed by atoms with Crippen LogP contribution in [0, 0.1) is 11.3 Å². The van der Waals surface area contributed by atoms with Crippen molar-refractivity contribution in [3.63, 3.8) is 0 Å². The molecule has 0 unspecified atom stereocenters. The summed E-state index contributed by atoms with van der Waals surface area (Å²) in [5, 5.41) is 9.55. The molecule has 22 heavy (non-hydrogen) atoms. The Morgan fingerprint density at radius 2 is 2.05 bits per heavy atom. The summed E-state index contributed by atoms with van der Waals surface area (Å²) in [6.07, 6.45) is 3.28. The molecule has 0 saturated heterocycles. The molecule has 1 aromatic carbocycles. The number of nitriles is 1. The lowest BCUT2D eigenvalue weighted by atomic mass is 10.4. The number of nitrogens with zero attached hydrogens (tertiary/aromatic N) is 1.